The van der Waals surface area contributed by atoms with Crippen LogP contribution in [-0.2, 0) is 18.9 Å². The van der Waals surface area contributed by atoms with Gasteiger partial charge in [-0.1, -0.05) is 6.07 Å². The van der Waals surface area contributed by atoms with Crippen molar-refractivity contribution in [2.75, 3.05) is 6.79 Å². The van der Waals surface area contributed by atoms with Crippen LogP contribution in [0.1, 0.15) is 27.2 Å². The zero-order valence-corrected chi connectivity index (χ0v) is 15.9. The first-order valence-electron chi connectivity index (χ1n) is 9.03. The zero-order valence-electron chi connectivity index (χ0n) is 15.9. The van der Waals surface area contributed by atoms with Gasteiger partial charge in [0.15, 0.2) is 17.2 Å². The number of aromatic nitrogens is 2. The highest BCUT2D eigenvalue weighted by molar-refractivity contribution is 5.95. The van der Waals surface area contributed by atoms with Gasteiger partial charge in [0, 0.05) is 6.54 Å². The van der Waals surface area contributed by atoms with Gasteiger partial charge in [-0.3, -0.25) is 4.79 Å². The van der Waals surface area contributed by atoms with Crippen molar-refractivity contribution in [2.24, 2.45) is 0 Å². The molecule has 0 unspecified atom stereocenters. The SMILES string of the molecule is O=C(NCc1ccc2c(c1)OCO2)c1cnn(-c2ccc(C(F)(F)F)cc2)c1C(F)(F)F. The van der Waals surface area contributed by atoms with E-state index in [0.717, 1.165) is 18.3 Å². The van der Waals surface area contributed by atoms with Crippen molar-refractivity contribution in [2.45, 2.75) is 18.9 Å². The molecule has 32 heavy (non-hydrogen) atoms. The molecule has 0 atom stereocenters. The first-order chi connectivity index (χ1) is 15.0. The van der Waals surface area contributed by atoms with Crippen LogP contribution in [0, 0.1) is 0 Å². The van der Waals surface area contributed by atoms with Gasteiger partial charge in [0.2, 0.25) is 6.79 Å². The smallest absolute Gasteiger partial charge is 0.434 e. The zero-order chi connectivity index (χ0) is 23.1. The summed E-state index contributed by atoms with van der Waals surface area (Å²) in [6, 6.07) is 7.77. The molecule has 2 heterocycles. The second kappa shape index (κ2) is 7.77. The third-order valence-corrected chi connectivity index (χ3v) is 4.61. The number of carbonyl (C=O) groups excluding carboxylic acids is 1. The van der Waals surface area contributed by atoms with Gasteiger partial charge in [-0.2, -0.15) is 31.4 Å². The van der Waals surface area contributed by atoms with E-state index in [0.29, 0.717) is 33.9 Å². The molecule has 0 aliphatic carbocycles. The molecular weight excluding hydrogens is 444 g/mol. The van der Waals surface area contributed by atoms with Gasteiger partial charge in [0.1, 0.15) is 0 Å². The Morgan fingerprint density at radius 2 is 1.66 bits per heavy atom. The molecule has 3 aromatic rings. The van der Waals surface area contributed by atoms with Crippen LogP contribution in [0.2, 0.25) is 0 Å². The molecule has 0 radical (unpaired) electrons. The molecule has 4 rings (SSSR count). The van der Waals surface area contributed by atoms with Gasteiger partial charge < -0.3 is 14.8 Å². The summed E-state index contributed by atoms with van der Waals surface area (Å²) >= 11 is 0. The highest BCUT2D eigenvalue weighted by Crippen LogP contribution is 2.35. The van der Waals surface area contributed by atoms with E-state index in [-0.39, 0.29) is 19.0 Å². The van der Waals surface area contributed by atoms with Crippen LogP contribution >= 0.6 is 0 Å². The molecule has 1 aliphatic rings. The molecule has 1 aromatic heterocycles. The Labute approximate surface area is 176 Å². The van der Waals surface area contributed by atoms with Crippen LogP contribution in [0.3, 0.4) is 0 Å². The summed E-state index contributed by atoms with van der Waals surface area (Å²) in [6.45, 7) is -0.0541. The number of rotatable bonds is 4. The lowest BCUT2D eigenvalue weighted by Crippen LogP contribution is -2.26. The van der Waals surface area contributed by atoms with Crippen molar-refractivity contribution in [3.8, 4) is 17.2 Å². The molecule has 0 bridgehead atoms. The normalized spacial score (nSPS) is 13.3. The van der Waals surface area contributed by atoms with Gasteiger partial charge >= 0.3 is 12.4 Å². The molecule has 1 N–H and O–H groups in total. The summed E-state index contributed by atoms with van der Waals surface area (Å²) < 4.78 is 90.1. The van der Waals surface area contributed by atoms with Gasteiger partial charge in [0.05, 0.1) is 23.0 Å². The molecule has 0 saturated heterocycles. The van der Waals surface area contributed by atoms with Crippen LogP contribution in [0.25, 0.3) is 5.69 Å². The Kier molecular flexibility index (Phi) is 5.23. The van der Waals surface area contributed by atoms with E-state index < -0.39 is 35.1 Å². The fourth-order valence-corrected chi connectivity index (χ4v) is 3.10. The molecule has 0 fully saturated rings. The maximum atomic E-state index is 13.7. The van der Waals surface area contributed by atoms with E-state index >= 15 is 0 Å². The van der Waals surface area contributed by atoms with Gasteiger partial charge in [-0.25, -0.2) is 4.68 Å². The van der Waals surface area contributed by atoms with Crippen molar-refractivity contribution in [3.05, 3.63) is 71.0 Å². The Morgan fingerprint density at radius 3 is 2.31 bits per heavy atom. The standard InChI is InChI=1S/C20H13F6N3O3/c21-19(22,23)12-2-4-13(5-3-12)29-17(20(24,25)26)14(9-28-29)18(30)27-8-11-1-6-15-16(7-11)32-10-31-15/h1-7,9H,8,10H2,(H,27,30). The molecule has 0 saturated carbocycles. The minimum atomic E-state index is -5.00. The maximum absolute atomic E-state index is 13.7. The lowest BCUT2D eigenvalue weighted by atomic mass is 10.1. The summed E-state index contributed by atoms with van der Waals surface area (Å²) in [4.78, 5) is 12.5. The van der Waals surface area contributed by atoms with E-state index in [9.17, 15) is 31.1 Å². The molecule has 2 aromatic carbocycles. The third kappa shape index (κ3) is 4.20. The summed E-state index contributed by atoms with van der Waals surface area (Å²) in [5, 5.41) is 5.96. The Bertz CT molecular complexity index is 1150. The molecular formula is C20H13F6N3O3. The number of hydrogen-bond donors (Lipinski definition) is 1. The van der Waals surface area contributed by atoms with Crippen molar-refractivity contribution < 1.29 is 40.6 Å². The quantitative estimate of drug-likeness (QED) is 0.583. The van der Waals surface area contributed by atoms with E-state index in [1.807, 2.05) is 0 Å². The van der Waals surface area contributed by atoms with E-state index in [1.165, 1.54) is 0 Å². The molecule has 0 spiro atoms. The highest BCUT2D eigenvalue weighted by Gasteiger charge is 2.40. The second-order valence-electron chi connectivity index (χ2n) is 6.73. The lowest BCUT2D eigenvalue weighted by Gasteiger charge is -2.14. The fraction of sp³-hybridized carbons (Fsp3) is 0.200. The van der Waals surface area contributed by atoms with Gasteiger partial charge in [-0.05, 0) is 42.0 Å². The van der Waals surface area contributed by atoms with E-state index in [4.69, 9.17) is 9.47 Å². The van der Waals surface area contributed by atoms with Gasteiger partial charge in [-0.15, -0.1) is 0 Å². The van der Waals surface area contributed by atoms with Crippen LogP contribution < -0.4 is 14.8 Å². The maximum Gasteiger partial charge on any atom is 0.434 e. The summed E-state index contributed by atoms with van der Waals surface area (Å²) in [5.41, 5.74) is -2.91. The van der Waals surface area contributed by atoms with Crippen molar-refractivity contribution in [1.29, 1.82) is 0 Å². The second-order valence-corrected chi connectivity index (χ2v) is 6.73. The minimum Gasteiger partial charge on any atom is -0.454 e. The highest BCUT2D eigenvalue weighted by atomic mass is 19.4. The largest absolute Gasteiger partial charge is 0.454 e. The molecule has 1 aliphatic heterocycles. The van der Waals surface area contributed by atoms with Crippen molar-refractivity contribution in [3.63, 3.8) is 0 Å². The number of nitrogens with one attached hydrogen (secondary N) is 1. The number of carbonyl (C=O) groups is 1. The monoisotopic (exact) mass is 457 g/mol. The average Bonchev–Trinajstić information content (AvgIpc) is 3.38. The predicted molar refractivity (Wildman–Crippen MR) is 97.3 cm³/mol. The van der Waals surface area contributed by atoms with Crippen LogP contribution in [-0.4, -0.2) is 22.5 Å². The molecule has 168 valence electrons. The number of benzene rings is 2. The number of alkyl halides is 6. The number of fused-ring (bicyclic) bond motifs is 1. The van der Waals surface area contributed by atoms with Crippen LogP contribution in [0.4, 0.5) is 26.3 Å². The third-order valence-electron chi connectivity index (χ3n) is 4.61. The average molecular weight is 457 g/mol. The lowest BCUT2D eigenvalue weighted by molar-refractivity contribution is -0.143. The van der Waals surface area contributed by atoms with Gasteiger partial charge in [0.25, 0.3) is 5.91 Å². The summed E-state index contributed by atoms with van der Waals surface area (Å²) in [7, 11) is 0. The number of hydrogen-bond acceptors (Lipinski definition) is 4. The first kappa shape index (κ1) is 21.5. The molecule has 1 amide bonds. The minimum absolute atomic E-state index is 0.0449. The van der Waals surface area contributed by atoms with Crippen molar-refractivity contribution in [1.82, 2.24) is 15.1 Å². The Hall–Kier alpha value is -3.70. The summed E-state index contributed by atoms with van der Waals surface area (Å²) in [6.07, 6.45) is -8.92. The fourth-order valence-electron chi connectivity index (χ4n) is 3.10. The van der Waals surface area contributed by atoms with Crippen LogP contribution in [0.5, 0.6) is 11.5 Å². The molecule has 12 heteroatoms. The Morgan fingerprint density at radius 1 is 0.969 bits per heavy atom. The van der Waals surface area contributed by atoms with E-state index in [1.54, 1.807) is 18.2 Å². The predicted octanol–water partition coefficient (Wildman–Crippen LogP) is 4.57. The number of nitrogens with zero attached hydrogens (tertiary/aromatic N) is 2. The number of halogens is 6. The topological polar surface area (TPSA) is 65.4 Å². The molecule has 6 nitrogen and oxygen atoms in total. The number of ether oxygens (including phenoxy) is 2. The summed E-state index contributed by atoms with van der Waals surface area (Å²) in [5.74, 6) is -0.0896. The van der Waals surface area contributed by atoms with Crippen LogP contribution in [0.15, 0.2) is 48.7 Å². The first-order valence-corrected chi connectivity index (χ1v) is 9.03. The number of amides is 1. The Balaban J connectivity index is 1.59. The van der Waals surface area contributed by atoms with E-state index in [2.05, 4.69) is 10.4 Å². The van der Waals surface area contributed by atoms with Crippen molar-refractivity contribution >= 4 is 5.91 Å².